The second-order valence-corrected chi connectivity index (χ2v) is 3.98. The molecule has 4 heteroatoms. The molecule has 0 spiro atoms. The van der Waals surface area contributed by atoms with Gasteiger partial charge in [0.2, 0.25) is 0 Å². The van der Waals surface area contributed by atoms with E-state index in [1.165, 1.54) is 6.21 Å². The van der Waals surface area contributed by atoms with Crippen LogP contribution >= 0.6 is 11.6 Å². The van der Waals surface area contributed by atoms with Crippen molar-refractivity contribution in [3.63, 3.8) is 0 Å². The summed E-state index contributed by atoms with van der Waals surface area (Å²) in [4.78, 5) is 3.89. The van der Waals surface area contributed by atoms with Crippen LogP contribution in [-0.4, -0.2) is 15.9 Å². The summed E-state index contributed by atoms with van der Waals surface area (Å²) >= 11 is 5.98. The maximum Gasteiger partial charge on any atom is 0.182 e. The quantitative estimate of drug-likeness (QED) is 0.362. The van der Waals surface area contributed by atoms with Gasteiger partial charge in [0.1, 0.15) is 0 Å². The molecule has 0 aliphatic rings. The summed E-state index contributed by atoms with van der Waals surface area (Å²) in [6.07, 6.45) is 4.81. The fourth-order valence-corrected chi connectivity index (χ4v) is 1.65. The molecule has 86 valence electrons. The maximum absolute atomic E-state index is 11.7. The van der Waals surface area contributed by atoms with Gasteiger partial charge in [-0.1, -0.05) is 29.8 Å². The highest BCUT2D eigenvalue weighted by molar-refractivity contribution is 6.31. The van der Waals surface area contributed by atoms with Gasteiger partial charge in [0.05, 0.1) is 5.02 Å². The van der Waals surface area contributed by atoms with E-state index >= 15 is 0 Å². The number of benzene rings is 1. The average molecular weight is 247 g/mol. The van der Waals surface area contributed by atoms with Gasteiger partial charge in [-0.15, -0.1) is 0 Å². The summed E-state index contributed by atoms with van der Waals surface area (Å²) in [6.45, 7) is 0.238. The molecule has 1 heterocycles. The van der Waals surface area contributed by atoms with Gasteiger partial charge in [-0.3, -0.25) is 4.98 Å². The van der Waals surface area contributed by atoms with Gasteiger partial charge < -0.3 is 5.21 Å². The molecule has 0 unspecified atom stereocenters. The second-order valence-electron chi connectivity index (χ2n) is 3.58. The van der Waals surface area contributed by atoms with Crippen LogP contribution < -0.4 is 0 Å². The summed E-state index contributed by atoms with van der Waals surface area (Å²) in [5.74, 6) is 0. The third-order valence-corrected chi connectivity index (χ3v) is 2.65. The van der Waals surface area contributed by atoms with Gasteiger partial charge in [-0.2, -0.15) is 0 Å². The lowest BCUT2D eigenvalue weighted by atomic mass is 10.2. The number of pyridine rings is 1. The summed E-state index contributed by atoms with van der Waals surface area (Å²) in [6, 6.07) is 10.9. The smallest absolute Gasteiger partial charge is 0.182 e. The molecule has 2 rings (SSSR count). The van der Waals surface area contributed by atoms with E-state index in [2.05, 4.69) is 4.98 Å². The van der Waals surface area contributed by atoms with Gasteiger partial charge in [0.25, 0.3) is 0 Å². The number of halogens is 1. The van der Waals surface area contributed by atoms with Crippen LogP contribution in [0.5, 0.6) is 0 Å². The highest BCUT2D eigenvalue weighted by Gasteiger charge is 2.03. The Morgan fingerprint density at radius 3 is 2.59 bits per heavy atom. The van der Waals surface area contributed by atoms with Crippen molar-refractivity contribution in [1.29, 1.82) is 0 Å². The monoisotopic (exact) mass is 246 g/mol. The molecule has 3 nitrogen and oxygen atoms in total. The van der Waals surface area contributed by atoms with Gasteiger partial charge in [-0.25, -0.2) is 4.74 Å². The number of aromatic nitrogens is 1. The molecule has 0 atom stereocenters. The van der Waals surface area contributed by atoms with Crippen molar-refractivity contribution in [3.8, 4) is 0 Å². The first-order valence-corrected chi connectivity index (χ1v) is 5.55. The van der Waals surface area contributed by atoms with Crippen molar-refractivity contribution in [2.45, 2.75) is 6.54 Å². The molecule has 0 N–H and O–H groups in total. The Balaban J connectivity index is 2.15. The van der Waals surface area contributed by atoms with Gasteiger partial charge in [0.15, 0.2) is 12.8 Å². The fraction of sp³-hybridized carbons (Fsp3) is 0.0769. The summed E-state index contributed by atoms with van der Waals surface area (Å²) in [5, 5.41) is 12.3. The molecule has 0 bridgehead atoms. The summed E-state index contributed by atoms with van der Waals surface area (Å²) < 4.78 is 0.858. The molecule has 17 heavy (non-hydrogen) atoms. The van der Waals surface area contributed by atoms with Crippen LogP contribution in [0.15, 0.2) is 48.8 Å². The number of nitrogens with zero attached hydrogens (tertiary/aromatic N) is 2. The Kier molecular flexibility index (Phi) is 3.73. The second kappa shape index (κ2) is 5.46. The van der Waals surface area contributed by atoms with E-state index in [1.807, 2.05) is 18.2 Å². The number of rotatable bonds is 3. The standard InChI is InChI=1S/C13H11ClN2O/c14-13-4-2-1-3-12(13)10-16(17)9-11-5-7-15-8-6-11/h1-9H,10H2/b16-9-. The van der Waals surface area contributed by atoms with Crippen LogP contribution in [0.4, 0.5) is 0 Å². The number of hydrogen-bond acceptors (Lipinski definition) is 2. The molecule has 1 aromatic carbocycles. The molecular weight excluding hydrogens is 236 g/mol. The van der Waals surface area contributed by atoms with Gasteiger partial charge >= 0.3 is 0 Å². The predicted molar refractivity (Wildman–Crippen MR) is 68.2 cm³/mol. The largest absolute Gasteiger partial charge is 0.624 e. The third-order valence-electron chi connectivity index (χ3n) is 2.28. The zero-order chi connectivity index (χ0) is 12.1. The number of hydroxylamine groups is 1. The normalized spacial score (nSPS) is 11.5. The van der Waals surface area contributed by atoms with E-state index in [0.717, 1.165) is 15.9 Å². The molecule has 0 aliphatic heterocycles. The maximum atomic E-state index is 11.7. The van der Waals surface area contributed by atoms with Crippen molar-refractivity contribution in [1.82, 2.24) is 4.98 Å². The minimum absolute atomic E-state index is 0.238. The van der Waals surface area contributed by atoms with E-state index in [9.17, 15) is 5.21 Å². The summed E-state index contributed by atoms with van der Waals surface area (Å²) in [7, 11) is 0. The Morgan fingerprint density at radius 2 is 1.88 bits per heavy atom. The highest BCUT2D eigenvalue weighted by atomic mass is 35.5. The van der Waals surface area contributed by atoms with Crippen molar-refractivity contribution < 1.29 is 4.74 Å². The zero-order valence-corrected chi connectivity index (χ0v) is 9.84. The van der Waals surface area contributed by atoms with Crippen molar-refractivity contribution in [2.24, 2.45) is 0 Å². The van der Waals surface area contributed by atoms with E-state index in [1.54, 1.807) is 30.6 Å². The van der Waals surface area contributed by atoms with Gasteiger partial charge in [-0.05, 0) is 18.2 Å². The third kappa shape index (κ3) is 3.29. The lowest BCUT2D eigenvalue weighted by molar-refractivity contribution is -0.469. The molecule has 0 saturated heterocycles. The predicted octanol–water partition coefficient (Wildman–Crippen LogP) is 2.86. The molecule has 0 amide bonds. The van der Waals surface area contributed by atoms with E-state index in [4.69, 9.17) is 11.6 Å². The first-order valence-electron chi connectivity index (χ1n) is 5.18. The minimum atomic E-state index is 0.238. The SMILES string of the molecule is [O-]/[N+](=C\c1ccncc1)Cc1ccccc1Cl. The zero-order valence-electron chi connectivity index (χ0n) is 9.08. The molecule has 0 aliphatic carbocycles. The van der Waals surface area contributed by atoms with Crippen molar-refractivity contribution >= 4 is 17.8 Å². The van der Waals surface area contributed by atoms with E-state index in [0.29, 0.717) is 5.02 Å². The summed E-state index contributed by atoms with van der Waals surface area (Å²) in [5.41, 5.74) is 1.64. The van der Waals surface area contributed by atoms with Gasteiger partial charge in [0, 0.05) is 23.5 Å². The molecular formula is C13H11ClN2O. The van der Waals surface area contributed by atoms with Crippen molar-refractivity contribution in [3.05, 3.63) is 70.1 Å². The number of hydrogen-bond donors (Lipinski definition) is 0. The van der Waals surface area contributed by atoms with Crippen LogP contribution in [0.2, 0.25) is 5.02 Å². The van der Waals surface area contributed by atoms with Crippen molar-refractivity contribution in [2.75, 3.05) is 0 Å². The molecule has 0 saturated carbocycles. The average Bonchev–Trinajstić information content (AvgIpc) is 2.33. The molecule has 0 radical (unpaired) electrons. The Bertz CT molecular complexity index is 526. The highest BCUT2D eigenvalue weighted by Crippen LogP contribution is 2.15. The first-order chi connectivity index (χ1) is 8.25. The lowest BCUT2D eigenvalue weighted by Gasteiger charge is -2.05. The fourth-order valence-electron chi connectivity index (χ4n) is 1.46. The topological polar surface area (TPSA) is 39.0 Å². The van der Waals surface area contributed by atoms with Crippen LogP contribution in [0, 0.1) is 5.21 Å². The Morgan fingerprint density at radius 1 is 1.18 bits per heavy atom. The minimum Gasteiger partial charge on any atom is -0.624 e. The van der Waals surface area contributed by atoms with E-state index in [-0.39, 0.29) is 6.54 Å². The lowest BCUT2D eigenvalue weighted by Crippen LogP contribution is -2.06. The van der Waals surface area contributed by atoms with E-state index < -0.39 is 0 Å². The Hall–Kier alpha value is -1.87. The molecule has 0 fully saturated rings. The van der Waals surface area contributed by atoms with Crippen LogP contribution in [0.3, 0.4) is 0 Å². The molecule has 1 aromatic heterocycles. The first kappa shape index (κ1) is 11.6. The molecule has 2 aromatic rings. The Labute approximate surface area is 105 Å². The van der Waals surface area contributed by atoms with Crippen LogP contribution in [-0.2, 0) is 6.54 Å². The van der Waals surface area contributed by atoms with Crippen LogP contribution in [0.1, 0.15) is 11.1 Å². The van der Waals surface area contributed by atoms with Crippen LogP contribution in [0.25, 0.3) is 0 Å².